The summed E-state index contributed by atoms with van der Waals surface area (Å²) in [7, 11) is 0. The van der Waals surface area contributed by atoms with Gasteiger partial charge in [0.1, 0.15) is 28.9 Å². The van der Waals surface area contributed by atoms with Gasteiger partial charge in [-0.15, -0.1) is 0 Å². The average Bonchev–Trinajstić information content (AvgIpc) is 3.15. The van der Waals surface area contributed by atoms with E-state index < -0.39 is 18.0 Å². The standard InChI is InChI=1S/C44H57NO6/c1-4-6-8-10-12-14-16-18-32-49-40-25-19-36(20-26-40)33-39(34-45)44(47)51-42-29-23-38(24-30-42)37-21-27-41(28-22-37)50-43(46)35(3)48-31-17-15-13-11-9-7-5-2/h19-30,33,35H,4-18,31-32H2,1-3H3/b39-33+. The SMILES string of the molecule is CCCCCCCCCCOc1ccc(/C=C(\C#N)C(=O)Oc2ccc(-c3ccc(OC(=O)C(C)OCCCCCCCCC)cc3)cc2)cc1. The fourth-order valence-electron chi connectivity index (χ4n) is 5.57. The van der Waals surface area contributed by atoms with E-state index in [1.807, 2.05) is 54.6 Å². The summed E-state index contributed by atoms with van der Waals surface area (Å²) in [5.74, 6) is 0.383. The molecule has 0 aliphatic rings. The third-order valence-corrected chi connectivity index (χ3v) is 8.72. The molecule has 51 heavy (non-hydrogen) atoms. The lowest BCUT2D eigenvalue weighted by molar-refractivity contribution is -0.146. The monoisotopic (exact) mass is 695 g/mol. The number of nitriles is 1. The van der Waals surface area contributed by atoms with Crippen LogP contribution in [0.5, 0.6) is 17.2 Å². The topological polar surface area (TPSA) is 94.9 Å². The van der Waals surface area contributed by atoms with E-state index in [-0.39, 0.29) is 5.57 Å². The van der Waals surface area contributed by atoms with Crippen molar-refractivity contribution in [3.8, 4) is 34.4 Å². The molecule has 0 saturated heterocycles. The van der Waals surface area contributed by atoms with Gasteiger partial charge < -0.3 is 18.9 Å². The number of hydrogen-bond acceptors (Lipinski definition) is 7. The van der Waals surface area contributed by atoms with Gasteiger partial charge in [-0.2, -0.15) is 5.26 Å². The van der Waals surface area contributed by atoms with Gasteiger partial charge >= 0.3 is 11.9 Å². The molecule has 0 amide bonds. The van der Waals surface area contributed by atoms with Gasteiger partial charge in [-0.05, 0) is 78.9 Å². The van der Waals surface area contributed by atoms with Gasteiger partial charge in [0.2, 0.25) is 0 Å². The van der Waals surface area contributed by atoms with Crippen LogP contribution in [0, 0.1) is 11.3 Å². The second kappa shape index (κ2) is 24.7. The number of esters is 2. The maximum atomic E-state index is 12.8. The molecule has 274 valence electrons. The molecule has 0 saturated carbocycles. The van der Waals surface area contributed by atoms with Crippen LogP contribution in [0.3, 0.4) is 0 Å². The Balaban J connectivity index is 1.40. The van der Waals surface area contributed by atoms with Crippen LogP contribution in [0.25, 0.3) is 17.2 Å². The van der Waals surface area contributed by atoms with E-state index in [9.17, 15) is 14.9 Å². The molecular formula is C44H57NO6. The van der Waals surface area contributed by atoms with Crippen molar-refractivity contribution in [1.82, 2.24) is 0 Å². The normalized spacial score (nSPS) is 11.8. The Morgan fingerprint density at radius 2 is 1.06 bits per heavy atom. The van der Waals surface area contributed by atoms with E-state index in [2.05, 4.69) is 13.8 Å². The number of carbonyl (C=O) groups is 2. The summed E-state index contributed by atoms with van der Waals surface area (Å²) in [4.78, 5) is 25.3. The molecule has 0 spiro atoms. The second-order valence-corrected chi connectivity index (χ2v) is 13.1. The molecule has 0 aliphatic heterocycles. The maximum absolute atomic E-state index is 12.8. The van der Waals surface area contributed by atoms with Crippen LogP contribution in [0.15, 0.2) is 78.4 Å². The molecule has 3 aromatic rings. The van der Waals surface area contributed by atoms with Crippen molar-refractivity contribution in [3.63, 3.8) is 0 Å². The van der Waals surface area contributed by atoms with Crippen LogP contribution in [-0.4, -0.2) is 31.3 Å². The lowest BCUT2D eigenvalue weighted by atomic mass is 10.1. The predicted octanol–water partition coefficient (Wildman–Crippen LogP) is 11.4. The van der Waals surface area contributed by atoms with Crippen LogP contribution < -0.4 is 14.2 Å². The molecule has 0 radical (unpaired) electrons. The highest BCUT2D eigenvalue weighted by Gasteiger charge is 2.16. The largest absolute Gasteiger partial charge is 0.494 e. The fourth-order valence-corrected chi connectivity index (χ4v) is 5.57. The van der Waals surface area contributed by atoms with Gasteiger partial charge in [-0.25, -0.2) is 9.59 Å². The van der Waals surface area contributed by atoms with E-state index in [1.54, 1.807) is 31.2 Å². The third-order valence-electron chi connectivity index (χ3n) is 8.72. The molecule has 0 aliphatic carbocycles. The fraction of sp³-hybridized carbons (Fsp3) is 0.477. The maximum Gasteiger partial charge on any atom is 0.354 e. The Kier molecular flexibility index (Phi) is 19.9. The summed E-state index contributed by atoms with van der Waals surface area (Å²) >= 11 is 0. The number of carbonyl (C=O) groups excluding carboxylic acids is 2. The number of benzene rings is 3. The minimum atomic E-state index is -0.730. The first-order chi connectivity index (χ1) is 24.9. The molecule has 7 nitrogen and oxygen atoms in total. The summed E-state index contributed by atoms with van der Waals surface area (Å²) in [6.07, 6.45) is 19.2. The second-order valence-electron chi connectivity index (χ2n) is 13.1. The molecule has 3 aromatic carbocycles. The zero-order chi connectivity index (χ0) is 36.5. The summed E-state index contributed by atoms with van der Waals surface area (Å²) in [6.45, 7) is 7.39. The van der Waals surface area contributed by atoms with Crippen LogP contribution in [0.1, 0.15) is 123 Å². The minimum Gasteiger partial charge on any atom is -0.494 e. The Bertz CT molecular complexity index is 1490. The quantitative estimate of drug-likeness (QED) is 0.0286. The number of nitrogens with zero attached hydrogens (tertiary/aromatic N) is 1. The number of rotatable bonds is 25. The molecule has 0 bridgehead atoms. The van der Waals surface area contributed by atoms with Crippen LogP contribution in [0.2, 0.25) is 0 Å². The minimum absolute atomic E-state index is 0.102. The van der Waals surface area contributed by atoms with Gasteiger partial charge in [-0.1, -0.05) is 134 Å². The van der Waals surface area contributed by atoms with Crippen LogP contribution >= 0.6 is 0 Å². The molecule has 7 heteroatoms. The first kappa shape index (κ1) is 41.0. The average molecular weight is 696 g/mol. The van der Waals surface area contributed by atoms with E-state index in [0.29, 0.717) is 30.3 Å². The molecule has 1 atom stereocenters. The van der Waals surface area contributed by atoms with Gasteiger partial charge in [0.05, 0.1) is 6.61 Å². The molecule has 0 heterocycles. The van der Waals surface area contributed by atoms with Crippen molar-refractivity contribution in [2.75, 3.05) is 13.2 Å². The zero-order valence-corrected chi connectivity index (χ0v) is 31.0. The summed E-state index contributed by atoms with van der Waals surface area (Å²) < 4.78 is 22.5. The lowest BCUT2D eigenvalue weighted by Crippen LogP contribution is -2.26. The van der Waals surface area contributed by atoms with E-state index >= 15 is 0 Å². The van der Waals surface area contributed by atoms with Crippen molar-refractivity contribution < 1.29 is 28.5 Å². The first-order valence-electron chi connectivity index (χ1n) is 19.0. The van der Waals surface area contributed by atoms with Crippen molar-refractivity contribution in [3.05, 3.63) is 83.9 Å². The number of hydrogen-bond donors (Lipinski definition) is 0. The Morgan fingerprint density at radius 3 is 1.57 bits per heavy atom. The highest BCUT2D eigenvalue weighted by Crippen LogP contribution is 2.26. The molecule has 3 rings (SSSR count). The van der Waals surface area contributed by atoms with Crippen LogP contribution in [0.4, 0.5) is 0 Å². The van der Waals surface area contributed by atoms with Gasteiger partial charge in [-0.3, -0.25) is 0 Å². The van der Waals surface area contributed by atoms with Gasteiger partial charge in [0.15, 0.2) is 6.10 Å². The van der Waals surface area contributed by atoms with Crippen LogP contribution in [-0.2, 0) is 14.3 Å². The van der Waals surface area contributed by atoms with E-state index in [4.69, 9.17) is 18.9 Å². The van der Waals surface area contributed by atoms with E-state index in [0.717, 1.165) is 36.1 Å². The number of unbranched alkanes of at least 4 members (excludes halogenated alkanes) is 13. The van der Waals surface area contributed by atoms with Gasteiger partial charge in [0.25, 0.3) is 0 Å². The summed E-state index contributed by atoms with van der Waals surface area (Å²) in [5, 5.41) is 9.64. The highest BCUT2D eigenvalue weighted by molar-refractivity contribution is 5.99. The number of ether oxygens (including phenoxy) is 4. The predicted molar refractivity (Wildman–Crippen MR) is 205 cm³/mol. The Hall–Kier alpha value is -4.41. The third kappa shape index (κ3) is 16.4. The Labute approximate surface area is 306 Å². The van der Waals surface area contributed by atoms with E-state index in [1.165, 1.54) is 83.1 Å². The molecule has 1 unspecified atom stereocenters. The smallest absolute Gasteiger partial charge is 0.354 e. The van der Waals surface area contributed by atoms with Crippen molar-refractivity contribution in [2.45, 2.75) is 123 Å². The highest BCUT2D eigenvalue weighted by atomic mass is 16.6. The summed E-state index contributed by atoms with van der Waals surface area (Å²) in [6, 6.07) is 23.5. The van der Waals surface area contributed by atoms with Crippen molar-refractivity contribution in [1.29, 1.82) is 5.26 Å². The van der Waals surface area contributed by atoms with Crippen molar-refractivity contribution >= 4 is 18.0 Å². The zero-order valence-electron chi connectivity index (χ0n) is 31.0. The van der Waals surface area contributed by atoms with Gasteiger partial charge in [0, 0.05) is 6.61 Å². The molecule has 0 fully saturated rings. The lowest BCUT2D eigenvalue weighted by Gasteiger charge is -2.13. The Morgan fingerprint density at radius 1 is 0.608 bits per heavy atom. The first-order valence-corrected chi connectivity index (χ1v) is 19.0. The molecular weight excluding hydrogens is 638 g/mol. The molecule has 0 N–H and O–H groups in total. The summed E-state index contributed by atoms with van der Waals surface area (Å²) in [5.41, 5.74) is 2.39. The van der Waals surface area contributed by atoms with Crippen molar-refractivity contribution in [2.24, 2.45) is 0 Å². The molecule has 0 aromatic heterocycles.